The molecule has 1 aromatic rings. The van der Waals surface area contributed by atoms with Crippen LogP contribution in [-0.4, -0.2) is 24.0 Å². The van der Waals surface area contributed by atoms with Crippen molar-refractivity contribution >= 4 is 11.8 Å². The average Bonchev–Trinajstić information content (AvgIpc) is 2.26. The number of rotatable bonds is 2. The summed E-state index contributed by atoms with van der Waals surface area (Å²) in [5.74, 6) is 0.187. The van der Waals surface area contributed by atoms with E-state index in [0.717, 1.165) is 5.56 Å². The molecule has 0 saturated carbocycles. The van der Waals surface area contributed by atoms with Gasteiger partial charge in [-0.15, -0.1) is 0 Å². The van der Waals surface area contributed by atoms with Gasteiger partial charge in [-0.2, -0.15) is 5.10 Å². The van der Waals surface area contributed by atoms with Gasteiger partial charge in [-0.3, -0.25) is 0 Å². The SMILES string of the molecule is COC(=O)NN=C(C)c1ccc(O)cc1. The first-order chi connectivity index (χ1) is 7.13. The molecular weight excluding hydrogens is 196 g/mol. The lowest BCUT2D eigenvalue weighted by atomic mass is 10.1. The van der Waals surface area contributed by atoms with E-state index < -0.39 is 6.09 Å². The first-order valence-corrected chi connectivity index (χ1v) is 4.31. The summed E-state index contributed by atoms with van der Waals surface area (Å²) >= 11 is 0. The fourth-order valence-corrected chi connectivity index (χ4v) is 0.942. The van der Waals surface area contributed by atoms with E-state index in [9.17, 15) is 4.79 Å². The van der Waals surface area contributed by atoms with Crippen LogP contribution in [0.3, 0.4) is 0 Å². The van der Waals surface area contributed by atoms with Crippen molar-refractivity contribution < 1.29 is 14.6 Å². The van der Waals surface area contributed by atoms with E-state index >= 15 is 0 Å². The molecule has 0 radical (unpaired) electrons. The number of aromatic hydroxyl groups is 1. The van der Waals surface area contributed by atoms with Crippen LogP contribution in [0.1, 0.15) is 12.5 Å². The molecule has 0 heterocycles. The molecule has 0 aliphatic carbocycles. The highest BCUT2D eigenvalue weighted by Crippen LogP contribution is 2.10. The summed E-state index contributed by atoms with van der Waals surface area (Å²) in [6.07, 6.45) is -0.617. The van der Waals surface area contributed by atoms with Crippen LogP contribution < -0.4 is 5.43 Å². The summed E-state index contributed by atoms with van der Waals surface area (Å²) in [6.45, 7) is 1.74. The number of ether oxygens (including phenoxy) is 1. The minimum absolute atomic E-state index is 0.187. The Bertz CT molecular complexity index is 371. The van der Waals surface area contributed by atoms with Crippen molar-refractivity contribution in [3.8, 4) is 5.75 Å². The summed E-state index contributed by atoms with van der Waals surface area (Å²) < 4.78 is 4.36. The predicted molar refractivity (Wildman–Crippen MR) is 55.9 cm³/mol. The van der Waals surface area contributed by atoms with Crippen molar-refractivity contribution in [2.75, 3.05) is 7.11 Å². The van der Waals surface area contributed by atoms with Gasteiger partial charge in [-0.05, 0) is 36.8 Å². The number of carbonyl (C=O) groups excluding carboxylic acids is 1. The van der Waals surface area contributed by atoms with Crippen molar-refractivity contribution in [3.05, 3.63) is 29.8 Å². The minimum atomic E-state index is -0.617. The second-order valence-electron chi connectivity index (χ2n) is 2.85. The molecule has 0 aliphatic heterocycles. The van der Waals surface area contributed by atoms with Crippen molar-refractivity contribution in [1.82, 2.24) is 5.43 Å². The highest BCUT2D eigenvalue weighted by atomic mass is 16.5. The Hall–Kier alpha value is -2.04. The van der Waals surface area contributed by atoms with E-state index in [0.29, 0.717) is 5.71 Å². The van der Waals surface area contributed by atoms with E-state index in [-0.39, 0.29) is 5.75 Å². The molecule has 1 amide bonds. The van der Waals surface area contributed by atoms with Crippen molar-refractivity contribution in [1.29, 1.82) is 0 Å². The zero-order chi connectivity index (χ0) is 11.3. The van der Waals surface area contributed by atoms with Crippen LogP contribution in [0.4, 0.5) is 4.79 Å². The van der Waals surface area contributed by atoms with Gasteiger partial charge in [0.2, 0.25) is 0 Å². The van der Waals surface area contributed by atoms with Gasteiger partial charge in [0.1, 0.15) is 5.75 Å². The summed E-state index contributed by atoms with van der Waals surface area (Å²) in [7, 11) is 1.26. The Morgan fingerprint density at radius 3 is 2.53 bits per heavy atom. The molecule has 2 N–H and O–H groups in total. The van der Waals surface area contributed by atoms with E-state index in [1.54, 1.807) is 31.2 Å². The van der Waals surface area contributed by atoms with E-state index in [2.05, 4.69) is 15.3 Å². The maximum atomic E-state index is 10.7. The van der Waals surface area contributed by atoms with Crippen LogP contribution in [0.5, 0.6) is 5.75 Å². The average molecular weight is 208 g/mol. The zero-order valence-electron chi connectivity index (χ0n) is 8.52. The Morgan fingerprint density at radius 1 is 1.40 bits per heavy atom. The summed E-state index contributed by atoms with van der Waals surface area (Å²) in [5.41, 5.74) is 3.64. The molecule has 0 unspecified atom stereocenters. The van der Waals surface area contributed by atoms with Gasteiger partial charge in [-0.25, -0.2) is 10.2 Å². The molecule has 0 bridgehead atoms. The van der Waals surface area contributed by atoms with Crippen molar-refractivity contribution in [2.45, 2.75) is 6.92 Å². The minimum Gasteiger partial charge on any atom is -0.508 e. The van der Waals surface area contributed by atoms with Gasteiger partial charge in [-0.1, -0.05) is 0 Å². The lowest BCUT2D eigenvalue weighted by Gasteiger charge is -2.01. The molecule has 0 aromatic heterocycles. The molecule has 1 aromatic carbocycles. The summed E-state index contributed by atoms with van der Waals surface area (Å²) in [5, 5.41) is 12.9. The molecule has 5 heteroatoms. The smallest absolute Gasteiger partial charge is 0.427 e. The van der Waals surface area contributed by atoms with E-state index in [1.165, 1.54) is 7.11 Å². The maximum absolute atomic E-state index is 10.7. The van der Waals surface area contributed by atoms with Gasteiger partial charge < -0.3 is 9.84 Å². The standard InChI is InChI=1S/C10H12N2O3/c1-7(11-12-10(14)15-2)8-3-5-9(13)6-4-8/h3-6,13H,1-2H3,(H,12,14). The molecule has 0 spiro atoms. The van der Waals surface area contributed by atoms with E-state index in [4.69, 9.17) is 5.11 Å². The normalized spacial score (nSPS) is 10.9. The number of carbonyl (C=O) groups is 1. The fraction of sp³-hybridized carbons (Fsp3) is 0.200. The monoisotopic (exact) mass is 208 g/mol. The van der Waals surface area contributed by atoms with Crippen LogP contribution in [-0.2, 0) is 4.74 Å². The maximum Gasteiger partial charge on any atom is 0.427 e. The Morgan fingerprint density at radius 2 is 2.00 bits per heavy atom. The fourth-order valence-electron chi connectivity index (χ4n) is 0.942. The Labute approximate surface area is 87.4 Å². The third-order valence-electron chi connectivity index (χ3n) is 1.79. The third-order valence-corrected chi connectivity index (χ3v) is 1.79. The highest BCUT2D eigenvalue weighted by Gasteiger charge is 1.99. The van der Waals surface area contributed by atoms with Gasteiger partial charge in [0.25, 0.3) is 0 Å². The summed E-state index contributed by atoms with van der Waals surface area (Å²) in [6, 6.07) is 6.50. The number of amides is 1. The third kappa shape index (κ3) is 3.30. The van der Waals surface area contributed by atoms with E-state index in [1.807, 2.05) is 0 Å². The number of hydrogen-bond donors (Lipinski definition) is 2. The molecule has 15 heavy (non-hydrogen) atoms. The van der Waals surface area contributed by atoms with Gasteiger partial charge in [0.15, 0.2) is 0 Å². The number of benzene rings is 1. The Balaban J connectivity index is 2.71. The molecule has 1 rings (SSSR count). The van der Waals surface area contributed by atoms with Crippen LogP contribution in [0.15, 0.2) is 29.4 Å². The quantitative estimate of drug-likeness (QED) is 0.571. The van der Waals surface area contributed by atoms with Gasteiger partial charge in [0, 0.05) is 0 Å². The van der Waals surface area contributed by atoms with Crippen LogP contribution in [0.25, 0.3) is 0 Å². The number of hydrazone groups is 1. The largest absolute Gasteiger partial charge is 0.508 e. The molecular formula is C10H12N2O3. The van der Waals surface area contributed by atoms with Crippen molar-refractivity contribution in [2.24, 2.45) is 5.10 Å². The van der Waals surface area contributed by atoms with Crippen molar-refractivity contribution in [3.63, 3.8) is 0 Å². The molecule has 0 aliphatic rings. The number of nitrogens with zero attached hydrogens (tertiary/aromatic N) is 1. The lowest BCUT2D eigenvalue weighted by molar-refractivity contribution is 0.171. The zero-order valence-corrected chi connectivity index (χ0v) is 8.52. The number of phenols is 1. The molecule has 0 fully saturated rings. The first-order valence-electron chi connectivity index (χ1n) is 4.31. The highest BCUT2D eigenvalue weighted by molar-refractivity contribution is 5.99. The summed E-state index contributed by atoms with van der Waals surface area (Å²) in [4.78, 5) is 10.7. The molecule has 0 atom stereocenters. The van der Waals surface area contributed by atoms with Gasteiger partial charge in [0.05, 0.1) is 12.8 Å². The number of nitrogens with one attached hydrogen (secondary N) is 1. The first kappa shape index (κ1) is 11.0. The number of hydrogen-bond acceptors (Lipinski definition) is 4. The topological polar surface area (TPSA) is 70.9 Å². The second kappa shape index (κ2) is 4.99. The van der Waals surface area contributed by atoms with Crippen LogP contribution >= 0.6 is 0 Å². The molecule has 5 nitrogen and oxygen atoms in total. The van der Waals surface area contributed by atoms with Gasteiger partial charge >= 0.3 is 6.09 Å². The number of phenolic OH excluding ortho intramolecular Hbond substituents is 1. The molecule has 80 valence electrons. The lowest BCUT2D eigenvalue weighted by Crippen LogP contribution is -2.18. The Kier molecular flexibility index (Phi) is 3.68. The van der Waals surface area contributed by atoms with Crippen LogP contribution in [0, 0.1) is 0 Å². The van der Waals surface area contributed by atoms with Crippen LogP contribution in [0.2, 0.25) is 0 Å². The second-order valence-corrected chi connectivity index (χ2v) is 2.85. The number of methoxy groups -OCH3 is 1. The predicted octanol–water partition coefficient (Wildman–Crippen LogP) is 1.47. The molecule has 0 saturated heterocycles.